The molecule has 1 atom stereocenters. The monoisotopic (exact) mass is 570 g/mol. The van der Waals surface area contributed by atoms with Crippen molar-refractivity contribution in [2.24, 2.45) is 4.99 Å². The van der Waals surface area contributed by atoms with Crippen molar-refractivity contribution in [1.29, 1.82) is 0 Å². The zero-order chi connectivity index (χ0) is 27.8. The van der Waals surface area contributed by atoms with Crippen LogP contribution in [0.25, 0.3) is 5.00 Å². The summed E-state index contributed by atoms with van der Waals surface area (Å²) < 4.78 is 2.02. The largest absolute Gasteiger partial charge is 0.393 e. The zero-order valence-corrected chi connectivity index (χ0v) is 23.7. The van der Waals surface area contributed by atoms with Crippen molar-refractivity contribution < 1.29 is 9.90 Å². The van der Waals surface area contributed by atoms with E-state index >= 15 is 0 Å². The van der Waals surface area contributed by atoms with E-state index in [2.05, 4.69) is 27.0 Å². The summed E-state index contributed by atoms with van der Waals surface area (Å²) in [6.45, 7) is 5.04. The van der Waals surface area contributed by atoms with Crippen LogP contribution in [-0.2, 0) is 4.79 Å². The molecule has 3 aromatic heterocycles. The summed E-state index contributed by atoms with van der Waals surface area (Å²) in [5.41, 5.74) is 4.29. The summed E-state index contributed by atoms with van der Waals surface area (Å²) in [4.78, 5) is 25.7. The maximum absolute atomic E-state index is 13.4. The number of piperidine rings is 1. The molecule has 40 heavy (non-hydrogen) atoms. The summed E-state index contributed by atoms with van der Waals surface area (Å²) in [7, 11) is 0. The highest BCUT2D eigenvalue weighted by atomic mass is 35.5. The van der Waals surface area contributed by atoms with Crippen LogP contribution in [0.4, 0.5) is 0 Å². The van der Waals surface area contributed by atoms with Crippen LogP contribution >= 0.6 is 22.9 Å². The number of hydrogen-bond acceptors (Lipinski definition) is 7. The Bertz CT molecular complexity index is 1660. The second-order valence-electron chi connectivity index (χ2n) is 9.96. The lowest BCUT2D eigenvalue weighted by atomic mass is 9.99. The van der Waals surface area contributed by atoms with Gasteiger partial charge < -0.3 is 10.0 Å². The van der Waals surface area contributed by atoms with Crippen molar-refractivity contribution in [3.8, 4) is 16.8 Å². The minimum Gasteiger partial charge on any atom is -0.393 e. The van der Waals surface area contributed by atoms with Gasteiger partial charge in [0.1, 0.15) is 22.6 Å². The molecule has 0 bridgehead atoms. The first-order valence-electron chi connectivity index (χ1n) is 13.2. The number of pyridine rings is 1. The van der Waals surface area contributed by atoms with Gasteiger partial charge in [0.2, 0.25) is 5.91 Å². The van der Waals surface area contributed by atoms with E-state index in [0.717, 1.165) is 32.3 Å². The normalized spacial score (nSPS) is 16.9. The highest BCUT2D eigenvalue weighted by Gasteiger charge is 2.34. The Morgan fingerprint density at radius 1 is 1.10 bits per heavy atom. The quantitative estimate of drug-likeness (QED) is 0.361. The summed E-state index contributed by atoms with van der Waals surface area (Å²) in [6.07, 6.45) is 2.71. The lowest BCUT2D eigenvalue weighted by Gasteiger charge is -2.30. The van der Waals surface area contributed by atoms with Gasteiger partial charge in [-0.1, -0.05) is 29.8 Å². The molecule has 1 saturated heterocycles. The van der Waals surface area contributed by atoms with Gasteiger partial charge in [-0.2, -0.15) is 0 Å². The van der Waals surface area contributed by atoms with Gasteiger partial charge in [-0.05, 0) is 68.4 Å². The fourth-order valence-electron chi connectivity index (χ4n) is 5.11. The number of nitrogens with zero attached hydrogens (tertiary/aromatic N) is 6. The molecule has 2 aliphatic heterocycles. The SMILES string of the molecule is Cc1c(C#Cc2ccccn2)sc2c1C(c1ccc(Cl)cc1)=N[C@@H](CC(=O)N1CCC(O)CC1)c1nnc(C)n1-2. The predicted octanol–water partition coefficient (Wildman–Crippen LogP) is 4.66. The third-order valence-electron chi connectivity index (χ3n) is 7.27. The van der Waals surface area contributed by atoms with E-state index in [0.29, 0.717) is 48.3 Å². The smallest absolute Gasteiger partial charge is 0.225 e. The summed E-state index contributed by atoms with van der Waals surface area (Å²) in [5, 5.41) is 20.4. The average Bonchev–Trinajstić information content (AvgIpc) is 3.46. The third kappa shape index (κ3) is 5.06. The molecule has 0 aliphatic carbocycles. The van der Waals surface area contributed by atoms with E-state index in [4.69, 9.17) is 16.6 Å². The van der Waals surface area contributed by atoms with Crippen LogP contribution < -0.4 is 0 Å². The molecule has 0 saturated carbocycles. The van der Waals surface area contributed by atoms with E-state index in [1.165, 1.54) is 0 Å². The molecule has 0 spiro atoms. The van der Waals surface area contributed by atoms with Gasteiger partial charge in [-0.15, -0.1) is 21.5 Å². The van der Waals surface area contributed by atoms with Gasteiger partial charge in [-0.25, -0.2) is 4.98 Å². The van der Waals surface area contributed by atoms with Gasteiger partial charge in [0, 0.05) is 35.4 Å². The number of thiophene rings is 1. The Morgan fingerprint density at radius 3 is 2.60 bits per heavy atom. The Balaban J connectivity index is 1.48. The van der Waals surface area contributed by atoms with Crippen LogP contribution in [0.15, 0.2) is 53.7 Å². The van der Waals surface area contributed by atoms with Gasteiger partial charge >= 0.3 is 0 Å². The maximum atomic E-state index is 13.4. The molecular formula is C30H27ClN6O2S. The molecule has 1 N–H and O–H groups in total. The third-order valence-corrected chi connectivity index (χ3v) is 8.72. The molecule has 1 fully saturated rings. The van der Waals surface area contributed by atoms with Crippen molar-refractivity contribution in [3.63, 3.8) is 0 Å². The van der Waals surface area contributed by atoms with Crippen LogP contribution in [-0.4, -0.2) is 60.6 Å². The molecule has 1 amide bonds. The number of aliphatic hydroxyl groups is 1. The van der Waals surface area contributed by atoms with Crippen molar-refractivity contribution in [1.82, 2.24) is 24.6 Å². The van der Waals surface area contributed by atoms with Crippen LogP contribution in [0, 0.1) is 25.7 Å². The number of amides is 1. The van der Waals surface area contributed by atoms with Crippen molar-refractivity contribution in [2.75, 3.05) is 13.1 Å². The van der Waals surface area contributed by atoms with E-state index in [1.807, 2.05) is 65.8 Å². The number of carbonyl (C=O) groups excluding carboxylic acids is 1. The molecule has 1 aromatic carbocycles. The number of halogens is 1. The zero-order valence-electron chi connectivity index (χ0n) is 22.1. The number of aromatic nitrogens is 4. The van der Waals surface area contributed by atoms with E-state index in [9.17, 15) is 9.90 Å². The summed E-state index contributed by atoms with van der Waals surface area (Å²) in [6, 6.07) is 12.7. The van der Waals surface area contributed by atoms with E-state index < -0.39 is 6.04 Å². The summed E-state index contributed by atoms with van der Waals surface area (Å²) in [5.74, 6) is 7.83. The first kappa shape index (κ1) is 26.4. The van der Waals surface area contributed by atoms with Gasteiger partial charge in [-0.3, -0.25) is 14.4 Å². The van der Waals surface area contributed by atoms with Crippen LogP contribution in [0.5, 0.6) is 0 Å². The molecule has 2 aliphatic rings. The first-order valence-corrected chi connectivity index (χ1v) is 14.4. The lowest BCUT2D eigenvalue weighted by Crippen LogP contribution is -2.40. The minimum absolute atomic E-state index is 0.00722. The molecule has 6 rings (SSSR count). The number of aliphatic hydroxyl groups excluding tert-OH is 1. The van der Waals surface area contributed by atoms with Crippen molar-refractivity contribution in [3.05, 3.63) is 92.6 Å². The van der Waals surface area contributed by atoms with Crippen molar-refractivity contribution in [2.45, 2.75) is 45.3 Å². The maximum Gasteiger partial charge on any atom is 0.225 e. The molecule has 8 nitrogen and oxygen atoms in total. The molecule has 10 heteroatoms. The first-order chi connectivity index (χ1) is 19.4. The fourth-order valence-corrected chi connectivity index (χ4v) is 6.45. The predicted molar refractivity (Wildman–Crippen MR) is 155 cm³/mol. The van der Waals surface area contributed by atoms with Gasteiger partial charge in [0.25, 0.3) is 0 Å². The average molecular weight is 571 g/mol. The number of aliphatic imine (C=N–C) groups is 1. The Morgan fingerprint density at radius 2 is 1.88 bits per heavy atom. The summed E-state index contributed by atoms with van der Waals surface area (Å²) >= 11 is 7.79. The topological polar surface area (TPSA) is 96.5 Å². The highest BCUT2D eigenvalue weighted by Crippen LogP contribution is 2.40. The van der Waals surface area contributed by atoms with E-state index in [-0.39, 0.29) is 18.4 Å². The second-order valence-corrected chi connectivity index (χ2v) is 11.4. The lowest BCUT2D eigenvalue weighted by molar-refractivity contribution is -0.133. The van der Waals surface area contributed by atoms with Gasteiger partial charge in [0.05, 0.1) is 23.1 Å². The number of hydrogen-bond donors (Lipinski definition) is 1. The number of aryl methyl sites for hydroxylation is 1. The van der Waals surface area contributed by atoms with Crippen molar-refractivity contribution >= 4 is 34.6 Å². The Hall–Kier alpha value is -3.84. The molecule has 5 heterocycles. The van der Waals surface area contributed by atoms with Crippen LogP contribution in [0.1, 0.15) is 64.2 Å². The van der Waals surface area contributed by atoms with Gasteiger partial charge in [0.15, 0.2) is 5.82 Å². The molecule has 0 radical (unpaired) electrons. The standard InChI is InChI=1S/C30H27ClN6O2S/c1-18-25(11-10-22-5-3-4-14-32-22)40-30-27(18)28(20-6-8-21(31)9-7-20)33-24(29-35-34-19(2)37(29)30)17-26(39)36-15-12-23(38)13-16-36/h3-9,14,23-24,38H,12-13,15-17H2,1-2H3/t24-/m0/s1. The van der Waals surface area contributed by atoms with Crippen LogP contribution in [0.3, 0.4) is 0 Å². The van der Waals surface area contributed by atoms with Crippen LogP contribution in [0.2, 0.25) is 5.02 Å². The number of benzene rings is 1. The number of rotatable bonds is 3. The number of likely N-dealkylation sites (tertiary alicyclic amines) is 1. The Labute approximate surface area is 241 Å². The number of fused-ring (bicyclic) bond motifs is 3. The second kappa shape index (κ2) is 11.0. The molecule has 4 aromatic rings. The van der Waals surface area contributed by atoms with E-state index in [1.54, 1.807) is 17.5 Å². The highest BCUT2D eigenvalue weighted by molar-refractivity contribution is 7.15. The fraction of sp³-hybridized carbons (Fsp3) is 0.300. The molecular weight excluding hydrogens is 544 g/mol. The Kier molecular flexibility index (Phi) is 7.24. The molecule has 0 unspecified atom stereocenters. The molecule has 202 valence electrons. The minimum atomic E-state index is -0.534. The number of carbonyl (C=O) groups is 1.